The Bertz CT molecular complexity index is 54.2. The second kappa shape index (κ2) is 8.83. The topological polar surface area (TPSA) is 17.1 Å². The van der Waals surface area contributed by atoms with Gasteiger partial charge in [0, 0.05) is 29.6 Å². The summed E-state index contributed by atoms with van der Waals surface area (Å²) in [6, 6.07) is 0. The fourth-order valence-corrected chi connectivity index (χ4v) is 0. The minimum absolute atomic E-state index is 0. The zero-order chi connectivity index (χ0) is 2.71. The molecule has 0 aromatic rings. The first kappa shape index (κ1) is 9.04. The maximum absolute atomic E-state index is 8.75. The fourth-order valence-electron chi connectivity index (χ4n) is 0. The first-order valence-corrected chi connectivity index (χ1v) is 2.72. The van der Waals surface area contributed by atoms with E-state index >= 15 is 0 Å². The summed E-state index contributed by atoms with van der Waals surface area (Å²) in [5.41, 5.74) is 0. The molecule has 0 fully saturated rings. The third kappa shape index (κ3) is 10.00. The molecule has 0 aliphatic rings. The molecule has 0 heterocycles. The number of rotatable bonds is 0. The summed E-state index contributed by atoms with van der Waals surface area (Å²) in [5.74, 6) is 0. The Morgan fingerprint density at radius 2 is 1.75 bits per heavy atom. The molecule has 1 nitrogen and oxygen atoms in total. The number of hydrogen-bond acceptors (Lipinski definition) is 1. The van der Waals surface area contributed by atoms with Crippen molar-refractivity contribution in [2.75, 3.05) is 0 Å². The minimum atomic E-state index is -1.65. The first-order valence-electron chi connectivity index (χ1n) is 0.406. The van der Waals surface area contributed by atoms with E-state index in [-0.39, 0.29) is 29.6 Å². The average molecular weight is 173 g/mol. The Balaban J connectivity index is 0. The van der Waals surface area contributed by atoms with E-state index in [0.29, 0.717) is 0 Å². The minimum Gasteiger partial charge on any atom is 0 e. The number of hydrogen-bond donors (Lipinski definition) is 0. The van der Waals surface area contributed by atoms with Crippen molar-refractivity contribution in [3.05, 3.63) is 4.25 Å². The van der Waals surface area contributed by atoms with E-state index < -0.39 is 20.9 Å². The molecule has 0 aromatic heterocycles. The van der Waals surface area contributed by atoms with E-state index in [4.69, 9.17) is 7.27 Å². The van der Waals surface area contributed by atoms with Gasteiger partial charge in [0.25, 0.3) is 0 Å². The van der Waals surface area contributed by atoms with E-state index in [1.165, 1.54) is 0 Å². The smallest absolute Gasteiger partial charge is 0 e. The fraction of sp³-hybridized carbons (Fsp3) is 0. The van der Waals surface area contributed by atoms with Crippen molar-refractivity contribution >= 4 is 50.5 Å². The van der Waals surface area contributed by atoms with Gasteiger partial charge in [-0.25, -0.2) is 0 Å². The van der Waals surface area contributed by atoms with Gasteiger partial charge in [-0.15, -0.1) is 0 Å². The van der Waals surface area contributed by atoms with Crippen molar-refractivity contribution in [3.8, 4) is 0 Å². The van der Waals surface area contributed by atoms with E-state index in [1.54, 1.807) is 0 Å². The van der Waals surface area contributed by atoms with Gasteiger partial charge in [0.2, 0.25) is 0 Å². The first-order chi connectivity index (χ1) is 1.41. The van der Waals surface area contributed by atoms with Crippen LogP contribution in [-0.2, 0) is 3.02 Å². The summed E-state index contributed by atoms with van der Waals surface area (Å²) in [4.78, 5) is 0. The average Bonchev–Trinajstić information content (AvgIpc) is 0.918. The monoisotopic (exact) mass is 172 g/mol. The molecular weight excluding hydrogens is 173 g/mol. The van der Waals surface area contributed by atoms with Gasteiger partial charge in [-0.3, -0.25) is 0 Å². The summed E-state index contributed by atoms with van der Waals surface area (Å²) in [7, 11) is 0. The van der Waals surface area contributed by atoms with Crippen LogP contribution in [-0.4, -0.2) is 50.5 Å². The van der Waals surface area contributed by atoms with Gasteiger partial charge < -0.3 is 0 Å². The van der Waals surface area contributed by atoms with Crippen molar-refractivity contribution in [2.45, 2.75) is 0 Å². The Kier molecular flexibility index (Phi) is 20.0. The Labute approximate surface area is 57.1 Å². The molecule has 0 atom stereocenters. The van der Waals surface area contributed by atoms with Crippen molar-refractivity contribution < 1.29 is 3.02 Å². The van der Waals surface area contributed by atoms with Crippen molar-refractivity contribution in [1.29, 1.82) is 0 Å². The second-order valence-corrected chi connectivity index (χ2v) is 0.612. The molecule has 0 saturated heterocycles. The second-order valence-electron chi connectivity index (χ2n) is 0.0913. The van der Waals surface area contributed by atoms with Crippen LogP contribution in [0.3, 0.4) is 0 Å². The maximum atomic E-state index is 8.75. The predicted molar refractivity (Wildman–Crippen MR) is 15.4 cm³/mol. The van der Waals surface area contributed by atoms with Gasteiger partial charge in [-0.05, 0) is 0 Å². The van der Waals surface area contributed by atoms with Crippen LogP contribution in [0.2, 0.25) is 0 Å². The van der Waals surface area contributed by atoms with Gasteiger partial charge in [0.15, 0.2) is 0 Å². The summed E-state index contributed by atoms with van der Waals surface area (Å²) < 4.78 is 14.6. The molecular formula is CNaOSb. The molecule has 0 aliphatic heterocycles. The van der Waals surface area contributed by atoms with Gasteiger partial charge in [-0.2, -0.15) is 0 Å². The Morgan fingerprint density at radius 1 is 1.75 bits per heavy atom. The predicted octanol–water partition coefficient (Wildman–Crippen LogP) is -0.799. The molecule has 0 aromatic carbocycles. The van der Waals surface area contributed by atoms with Gasteiger partial charge in [-0.1, -0.05) is 0 Å². The van der Waals surface area contributed by atoms with E-state index in [2.05, 4.69) is 0 Å². The largest absolute Gasteiger partial charge is 0 e. The van der Waals surface area contributed by atoms with Crippen LogP contribution in [0, 0.1) is 4.25 Å². The molecule has 0 amide bonds. The van der Waals surface area contributed by atoms with Crippen LogP contribution < -0.4 is 0 Å². The van der Waals surface area contributed by atoms with Crippen LogP contribution in [0.15, 0.2) is 0 Å². The SMILES string of the molecule is [C]#[Sb]=[O].[Na]. The molecule has 0 unspecified atom stereocenters. The van der Waals surface area contributed by atoms with Crippen molar-refractivity contribution in [2.24, 2.45) is 0 Å². The zero-order valence-corrected chi connectivity index (χ0v) is 6.91. The third-order valence-electron chi connectivity index (χ3n) is 0. The molecule has 0 aliphatic carbocycles. The molecule has 4 heavy (non-hydrogen) atoms. The normalized spacial score (nSPS) is 1.75. The molecule has 3 heteroatoms. The molecule has 0 bridgehead atoms. The molecule has 0 saturated carbocycles. The van der Waals surface area contributed by atoms with Crippen molar-refractivity contribution in [1.82, 2.24) is 0 Å². The van der Waals surface area contributed by atoms with Gasteiger partial charge in [0.05, 0.1) is 0 Å². The molecule has 0 spiro atoms. The van der Waals surface area contributed by atoms with E-state index in [9.17, 15) is 0 Å². The molecule has 0 rings (SSSR count). The van der Waals surface area contributed by atoms with Crippen LogP contribution in [0.25, 0.3) is 0 Å². The van der Waals surface area contributed by atoms with Gasteiger partial charge >= 0.3 is 28.2 Å². The standard InChI is InChI=1S/C.Na.O.Sb. The van der Waals surface area contributed by atoms with Gasteiger partial charge in [0.1, 0.15) is 0 Å². The Hall–Kier alpha value is 1.40. The van der Waals surface area contributed by atoms with Crippen LogP contribution >= 0.6 is 0 Å². The van der Waals surface area contributed by atoms with Crippen LogP contribution in [0.5, 0.6) is 0 Å². The van der Waals surface area contributed by atoms with Crippen LogP contribution in [0.4, 0.5) is 0 Å². The zero-order valence-electron chi connectivity index (χ0n) is 2.36. The molecule has 16 valence electrons. The molecule has 0 N–H and O–H groups in total. The summed E-state index contributed by atoms with van der Waals surface area (Å²) >= 11 is -1.65. The quantitative estimate of drug-likeness (QED) is 0.438. The molecule has 2 radical (unpaired) electrons. The van der Waals surface area contributed by atoms with Crippen molar-refractivity contribution in [3.63, 3.8) is 0 Å². The van der Waals surface area contributed by atoms with E-state index in [0.717, 1.165) is 0 Å². The van der Waals surface area contributed by atoms with E-state index in [1.807, 2.05) is 0 Å². The Morgan fingerprint density at radius 3 is 1.75 bits per heavy atom. The third-order valence-corrected chi connectivity index (χ3v) is 0. The summed E-state index contributed by atoms with van der Waals surface area (Å²) in [6.07, 6.45) is 0. The van der Waals surface area contributed by atoms with Crippen LogP contribution in [0.1, 0.15) is 0 Å². The maximum Gasteiger partial charge on any atom is 0 e. The summed E-state index contributed by atoms with van der Waals surface area (Å²) in [6.45, 7) is 0. The summed E-state index contributed by atoms with van der Waals surface area (Å²) in [5, 5.41) is 0.